The minimum absolute atomic E-state index is 0.00535. The molecule has 2 aromatic carbocycles. The molecule has 0 aromatic heterocycles. The highest BCUT2D eigenvalue weighted by atomic mass is 32.2. The summed E-state index contributed by atoms with van der Waals surface area (Å²) in [4.78, 5) is 15.2. The van der Waals surface area contributed by atoms with Crippen LogP contribution in [0, 0.1) is 11.7 Å². The number of halogens is 1. The Hall–Kier alpha value is -2.49. The van der Waals surface area contributed by atoms with Gasteiger partial charge in [-0.25, -0.2) is 17.5 Å². The van der Waals surface area contributed by atoms with Crippen LogP contribution in [0.1, 0.15) is 49.5 Å². The van der Waals surface area contributed by atoms with E-state index < -0.39 is 15.6 Å². The molecule has 1 amide bonds. The summed E-state index contributed by atoms with van der Waals surface area (Å²) in [5, 5.41) is 6.09. The molecule has 1 saturated heterocycles. The van der Waals surface area contributed by atoms with Crippen LogP contribution in [0.5, 0.6) is 0 Å². The van der Waals surface area contributed by atoms with E-state index in [2.05, 4.69) is 27.3 Å². The first-order chi connectivity index (χ1) is 15.9. The molecule has 34 heavy (non-hydrogen) atoms. The summed E-state index contributed by atoms with van der Waals surface area (Å²) < 4.78 is 42.2. The summed E-state index contributed by atoms with van der Waals surface area (Å²) in [6.45, 7) is 8.06. The number of nitrogens with zero attached hydrogens (tertiary/aromatic N) is 1. The molecule has 1 heterocycles. The average molecular weight is 491 g/mol. The first-order valence-corrected chi connectivity index (χ1v) is 13.0. The first kappa shape index (κ1) is 26.1. The molecule has 3 N–H and O–H groups in total. The van der Waals surface area contributed by atoms with E-state index in [0.717, 1.165) is 25.9 Å². The number of piperidine rings is 1. The van der Waals surface area contributed by atoms with E-state index in [1.165, 1.54) is 24.3 Å². The Labute approximate surface area is 202 Å². The summed E-state index contributed by atoms with van der Waals surface area (Å²) in [5.41, 5.74) is 0.735. The van der Waals surface area contributed by atoms with Crippen LogP contribution in [-0.2, 0) is 16.6 Å². The molecule has 2 aromatic rings. The van der Waals surface area contributed by atoms with Gasteiger partial charge in [0.15, 0.2) is 0 Å². The molecule has 1 aliphatic heterocycles. The Kier molecular flexibility index (Phi) is 8.33. The number of likely N-dealkylation sites (tertiary alicyclic amines) is 1. The van der Waals surface area contributed by atoms with E-state index >= 15 is 0 Å². The van der Waals surface area contributed by atoms with Gasteiger partial charge in [-0.3, -0.25) is 4.79 Å². The Balaban J connectivity index is 1.83. The summed E-state index contributed by atoms with van der Waals surface area (Å²) in [7, 11) is -1.80. The molecule has 1 unspecified atom stereocenters. The van der Waals surface area contributed by atoms with Crippen LogP contribution in [-0.4, -0.2) is 51.4 Å². The Morgan fingerprint density at radius 2 is 1.94 bits per heavy atom. The van der Waals surface area contributed by atoms with Crippen molar-refractivity contribution in [2.75, 3.05) is 32.0 Å². The van der Waals surface area contributed by atoms with Crippen molar-refractivity contribution >= 4 is 21.6 Å². The number of hydrogen-bond donors (Lipinski definition) is 3. The lowest BCUT2D eigenvalue weighted by molar-refractivity contribution is 0.0936. The molecule has 3 rings (SSSR count). The zero-order chi connectivity index (χ0) is 24.9. The van der Waals surface area contributed by atoms with Crippen molar-refractivity contribution in [2.24, 2.45) is 5.92 Å². The predicted molar refractivity (Wildman–Crippen MR) is 133 cm³/mol. The van der Waals surface area contributed by atoms with Crippen molar-refractivity contribution in [3.63, 3.8) is 0 Å². The summed E-state index contributed by atoms with van der Waals surface area (Å²) in [6, 6.07) is 10.7. The van der Waals surface area contributed by atoms with Gasteiger partial charge in [-0.15, -0.1) is 0 Å². The third-order valence-corrected chi connectivity index (χ3v) is 7.32. The van der Waals surface area contributed by atoms with Gasteiger partial charge in [-0.1, -0.05) is 12.1 Å². The largest absolute Gasteiger partial charge is 0.381 e. The van der Waals surface area contributed by atoms with E-state index in [9.17, 15) is 17.6 Å². The van der Waals surface area contributed by atoms with Crippen LogP contribution in [0.3, 0.4) is 0 Å². The first-order valence-electron chi connectivity index (χ1n) is 11.6. The van der Waals surface area contributed by atoms with Gasteiger partial charge in [0.2, 0.25) is 10.0 Å². The average Bonchev–Trinajstić information content (AvgIpc) is 2.74. The number of hydrogen-bond acceptors (Lipinski definition) is 5. The van der Waals surface area contributed by atoms with Crippen LogP contribution in [0.15, 0.2) is 47.4 Å². The number of anilines is 1. The molecule has 9 heteroatoms. The van der Waals surface area contributed by atoms with Gasteiger partial charge >= 0.3 is 0 Å². The monoisotopic (exact) mass is 490 g/mol. The fourth-order valence-corrected chi connectivity index (χ4v) is 5.57. The Morgan fingerprint density at radius 3 is 2.62 bits per heavy atom. The van der Waals surface area contributed by atoms with Crippen molar-refractivity contribution in [3.05, 3.63) is 59.4 Å². The maximum absolute atomic E-state index is 13.5. The number of carbonyl (C=O) groups is 1. The van der Waals surface area contributed by atoms with Gasteiger partial charge < -0.3 is 15.5 Å². The van der Waals surface area contributed by atoms with Crippen molar-refractivity contribution in [2.45, 2.75) is 50.6 Å². The van der Waals surface area contributed by atoms with E-state index in [0.29, 0.717) is 23.7 Å². The van der Waals surface area contributed by atoms with E-state index in [4.69, 9.17) is 0 Å². The van der Waals surface area contributed by atoms with Crippen LogP contribution in [0.4, 0.5) is 10.1 Å². The SMILES string of the molecule is CN1CCCC(CNC(=O)c2cc(NCc3cccc(F)c3)cc(S(=O)(=O)NC(C)(C)C)c2)C1. The number of sulfonamides is 1. The van der Waals surface area contributed by atoms with E-state index in [1.807, 2.05) is 0 Å². The minimum Gasteiger partial charge on any atom is -0.381 e. The normalized spacial score (nSPS) is 17.4. The maximum atomic E-state index is 13.5. The molecular weight excluding hydrogens is 455 g/mol. The predicted octanol–water partition coefficient (Wildman–Crippen LogP) is 3.59. The Morgan fingerprint density at radius 1 is 1.18 bits per heavy atom. The Bertz CT molecular complexity index is 1120. The molecule has 0 aliphatic carbocycles. The highest BCUT2D eigenvalue weighted by Gasteiger charge is 2.24. The second-order valence-electron chi connectivity index (χ2n) is 10.1. The standard InChI is InChI=1S/C25H35FN4O3S/c1-25(2,3)29-34(32,33)23-13-20(24(31)28-16-19-8-6-10-30(4)17-19)12-22(14-23)27-15-18-7-5-9-21(26)11-18/h5,7,9,11-14,19,27,29H,6,8,10,15-17H2,1-4H3,(H,28,31). The highest BCUT2D eigenvalue weighted by molar-refractivity contribution is 7.89. The lowest BCUT2D eigenvalue weighted by atomic mass is 9.98. The molecule has 0 saturated carbocycles. The molecule has 1 atom stereocenters. The van der Waals surface area contributed by atoms with Gasteiger partial charge in [0.1, 0.15) is 5.82 Å². The molecule has 1 aliphatic rings. The van der Waals surface area contributed by atoms with Crippen LogP contribution < -0.4 is 15.4 Å². The third-order valence-electron chi connectivity index (χ3n) is 5.58. The fraction of sp³-hybridized carbons (Fsp3) is 0.480. The van der Waals surface area contributed by atoms with Crippen molar-refractivity contribution in [3.8, 4) is 0 Å². The van der Waals surface area contributed by atoms with Crippen LogP contribution in [0.2, 0.25) is 0 Å². The van der Waals surface area contributed by atoms with Gasteiger partial charge in [-0.2, -0.15) is 0 Å². The maximum Gasteiger partial charge on any atom is 0.251 e. The highest BCUT2D eigenvalue weighted by Crippen LogP contribution is 2.22. The zero-order valence-corrected chi connectivity index (χ0v) is 21.1. The van der Waals surface area contributed by atoms with Gasteiger partial charge in [-0.05, 0) is 89.0 Å². The molecule has 186 valence electrons. The third kappa shape index (κ3) is 7.78. The summed E-state index contributed by atoms with van der Waals surface area (Å²) >= 11 is 0. The molecular formula is C25H35FN4O3S. The summed E-state index contributed by atoms with van der Waals surface area (Å²) in [6.07, 6.45) is 2.15. The number of rotatable bonds is 8. The number of nitrogens with one attached hydrogen (secondary N) is 3. The number of benzene rings is 2. The molecule has 0 bridgehead atoms. The molecule has 1 fully saturated rings. The lowest BCUT2D eigenvalue weighted by Crippen LogP contribution is -2.40. The second-order valence-corrected chi connectivity index (χ2v) is 11.7. The minimum atomic E-state index is -3.87. The number of carbonyl (C=O) groups excluding carboxylic acids is 1. The molecule has 0 radical (unpaired) electrons. The zero-order valence-electron chi connectivity index (χ0n) is 20.3. The van der Waals surface area contributed by atoms with Gasteiger partial charge in [0.25, 0.3) is 5.91 Å². The van der Waals surface area contributed by atoms with Crippen molar-refractivity contribution < 1.29 is 17.6 Å². The van der Waals surface area contributed by atoms with Gasteiger partial charge in [0, 0.05) is 36.4 Å². The van der Waals surface area contributed by atoms with E-state index in [-0.39, 0.29) is 28.7 Å². The van der Waals surface area contributed by atoms with Crippen molar-refractivity contribution in [1.29, 1.82) is 0 Å². The molecule has 7 nitrogen and oxygen atoms in total. The quantitative estimate of drug-likeness (QED) is 0.526. The van der Waals surface area contributed by atoms with Crippen LogP contribution in [0.25, 0.3) is 0 Å². The molecule has 0 spiro atoms. The van der Waals surface area contributed by atoms with Crippen LogP contribution >= 0.6 is 0 Å². The van der Waals surface area contributed by atoms with Gasteiger partial charge in [0.05, 0.1) is 4.90 Å². The second kappa shape index (κ2) is 10.8. The van der Waals surface area contributed by atoms with E-state index in [1.54, 1.807) is 39.0 Å². The number of amides is 1. The topological polar surface area (TPSA) is 90.5 Å². The lowest BCUT2D eigenvalue weighted by Gasteiger charge is -2.29. The van der Waals surface area contributed by atoms with Crippen molar-refractivity contribution in [1.82, 2.24) is 14.9 Å². The fourth-order valence-electron chi connectivity index (χ4n) is 4.08. The smallest absolute Gasteiger partial charge is 0.251 e. The summed E-state index contributed by atoms with van der Waals surface area (Å²) in [5.74, 6) is -0.309.